The van der Waals surface area contributed by atoms with Gasteiger partial charge in [-0.15, -0.1) is 0 Å². The molecule has 1 aromatic heterocycles. The lowest BCUT2D eigenvalue weighted by Crippen LogP contribution is -2.07. The number of carbonyl (C=O) groups is 1. The van der Waals surface area contributed by atoms with Crippen molar-refractivity contribution in [2.24, 2.45) is 0 Å². The van der Waals surface area contributed by atoms with Crippen molar-refractivity contribution in [3.05, 3.63) is 65.9 Å². The van der Waals surface area contributed by atoms with Crippen LogP contribution in [-0.2, 0) is 16.0 Å². The molecule has 0 amide bonds. The summed E-state index contributed by atoms with van der Waals surface area (Å²) in [5.41, 5.74) is 11.0. The van der Waals surface area contributed by atoms with E-state index >= 15 is 0 Å². The van der Waals surface area contributed by atoms with Gasteiger partial charge in [-0.1, -0.05) is 36.4 Å². The number of esters is 1. The summed E-state index contributed by atoms with van der Waals surface area (Å²) in [6.45, 7) is 1.89. The zero-order chi connectivity index (χ0) is 17.1. The molecule has 2 aromatic carbocycles. The fourth-order valence-electron chi connectivity index (χ4n) is 2.73. The minimum absolute atomic E-state index is 0.152. The number of rotatable bonds is 4. The summed E-state index contributed by atoms with van der Waals surface area (Å²) in [7, 11) is 1.38. The third-order valence-corrected chi connectivity index (χ3v) is 3.95. The van der Waals surface area contributed by atoms with Gasteiger partial charge in [0.15, 0.2) is 0 Å². The van der Waals surface area contributed by atoms with E-state index in [1.807, 2.05) is 66.2 Å². The van der Waals surface area contributed by atoms with Gasteiger partial charge in [-0.3, -0.25) is 4.79 Å². The molecule has 0 saturated carbocycles. The molecule has 0 fully saturated rings. The summed E-state index contributed by atoms with van der Waals surface area (Å²) in [5.74, 6) is -0.304. The van der Waals surface area contributed by atoms with Gasteiger partial charge in [0.05, 0.1) is 30.6 Å². The molecule has 0 bridgehead atoms. The Morgan fingerprint density at radius 2 is 1.79 bits per heavy atom. The monoisotopic (exact) mass is 321 g/mol. The molecule has 24 heavy (non-hydrogen) atoms. The van der Waals surface area contributed by atoms with E-state index in [1.54, 1.807) is 0 Å². The van der Waals surface area contributed by atoms with E-state index in [0.29, 0.717) is 5.69 Å². The van der Waals surface area contributed by atoms with Crippen LogP contribution in [0.2, 0.25) is 0 Å². The Hall–Kier alpha value is -3.08. The Morgan fingerprint density at radius 1 is 1.12 bits per heavy atom. The van der Waals surface area contributed by atoms with E-state index < -0.39 is 0 Å². The fourth-order valence-corrected chi connectivity index (χ4v) is 2.73. The highest BCUT2D eigenvalue weighted by atomic mass is 16.5. The summed E-state index contributed by atoms with van der Waals surface area (Å²) < 4.78 is 6.67. The van der Waals surface area contributed by atoms with Crippen molar-refractivity contribution >= 4 is 11.7 Å². The van der Waals surface area contributed by atoms with Crippen molar-refractivity contribution < 1.29 is 9.53 Å². The molecule has 0 aliphatic carbocycles. The highest BCUT2D eigenvalue weighted by molar-refractivity contribution is 5.82. The number of hydrogen-bond acceptors (Lipinski definition) is 4. The number of hydrogen-bond donors (Lipinski definition) is 1. The predicted molar refractivity (Wildman–Crippen MR) is 93.9 cm³/mol. The van der Waals surface area contributed by atoms with Crippen LogP contribution in [0.25, 0.3) is 16.9 Å². The second kappa shape index (κ2) is 6.58. The van der Waals surface area contributed by atoms with Gasteiger partial charge < -0.3 is 10.5 Å². The first kappa shape index (κ1) is 15.8. The van der Waals surface area contributed by atoms with Crippen molar-refractivity contribution in [2.75, 3.05) is 12.8 Å². The number of nitrogen functional groups attached to an aromatic ring is 1. The molecule has 0 spiro atoms. The average Bonchev–Trinajstić information content (AvgIpc) is 2.92. The van der Waals surface area contributed by atoms with Gasteiger partial charge in [-0.2, -0.15) is 5.10 Å². The zero-order valence-corrected chi connectivity index (χ0v) is 13.7. The molecule has 0 atom stereocenters. The molecule has 5 nitrogen and oxygen atoms in total. The number of aryl methyl sites for hydroxylation is 1. The Balaban J connectivity index is 2.26. The molecular formula is C19H19N3O2. The Bertz CT molecular complexity index is 870. The maximum atomic E-state index is 11.9. The van der Waals surface area contributed by atoms with Crippen molar-refractivity contribution in [2.45, 2.75) is 13.3 Å². The first-order valence-corrected chi connectivity index (χ1v) is 7.67. The molecular weight excluding hydrogens is 302 g/mol. The number of nitrogens with two attached hydrogens (primary N) is 1. The molecule has 5 heteroatoms. The maximum Gasteiger partial charge on any atom is 0.310 e. The third kappa shape index (κ3) is 2.88. The molecule has 0 saturated heterocycles. The van der Waals surface area contributed by atoms with Gasteiger partial charge in [-0.05, 0) is 25.1 Å². The summed E-state index contributed by atoms with van der Waals surface area (Å²) in [4.78, 5) is 11.9. The number of aromatic nitrogens is 2. The van der Waals surface area contributed by atoms with Crippen LogP contribution in [-0.4, -0.2) is 22.9 Å². The number of anilines is 1. The quantitative estimate of drug-likeness (QED) is 0.592. The lowest BCUT2D eigenvalue weighted by atomic mass is 10.0. The smallest absolute Gasteiger partial charge is 0.310 e. The Labute approximate surface area is 140 Å². The van der Waals surface area contributed by atoms with Crippen molar-refractivity contribution in [3.63, 3.8) is 0 Å². The summed E-state index contributed by atoms with van der Waals surface area (Å²) >= 11 is 0. The molecule has 1 heterocycles. The van der Waals surface area contributed by atoms with Gasteiger partial charge in [0.1, 0.15) is 0 Å². The highest BCUT2D eigenvalue weighted by Crippen LogP contribution is 2.33. The van der Waals surface area contributed by atoms with E-state index in [9.17, 15) is 4.79 Å². The summed E-state index contributed by atoms with van der Waals surface area (Å²) in [6, 6.07) is 17.4. The lowest BCUT2D eigenvalue weighted by Gasteiger charge is -2.12. The van der Waals surface area contributed by atoms with Crippen molar-refractivity contribution in [3.8, 4) is 16.9 Å². The molecule has 2 N–H and O–H groups in total. The molecule has 122 valence electrons. The molecule has 0 aliphatic rings. The van der Waals surface area contributed by atoms with Gasteiger partial charge in [-0.25, -0.2) is 4.68 Å². The van der Waals surface area contributed by atoms with E-state index in [2.05, 4.69) is 5.10 Å². The minimum atomic E-state index is -0.304. The average molecular weight is 321 g/mol. The second-order valence-electron chi connectivity index (χ2n) is 5.50. The van der Waals surface area contributed by atoms with Crippen LogP contribution in [0, 0.1) is 6.92 Å². The van der Waals surface area contributed by atoms with Gasteiger partial charge in [0, 0.05) is 16.8 Å². The van der Waals surface area contributed by atoms with Crippen LogP contribution in [0.4, 0.5) is 5.69 Å². The van der Waals surface area contributed by atoms with E-state index in [0.717, 1.165) is 28.2 Å². The molecule has 3 aromatic rings. The number of para-hydroxylation sites is 2. The zero-order valence-electron chi connectivity index (χ0n) is 13.7. The first-order valence-electron chi connectivity index (χ1n) is 7.67. The van der Waals surface area contributed by atoms with Crippen LogP contribution in [0.5, 0.6) is 0 Å². The summed E-state index contributed by atoms with van der Waals surface area (Å²) in [5, 5.41) is 4.64. The van der Waals surface area contributed by atoms with Crippen LogP contribution in [0.3, 0.4) is 0 Å². The second-order valence-corrected chi connectivity index (χ2v) is 5.50. The lowest BCUT2D eigenvalue weighted by molar-refractivity contribution is -0.139. The topological polar surface area (TPSA) is 70.1 Å². The largest absolute Gasteiger partial charge is 0.469 e. The van der Waals surface area contributed by atoms with Crippen LogP contribution >= 0.6 is 0 Å². The van der Waals surface area contributed by atoms with E-state index in [4.69, 9.17) is 10.5 Å². The number of nitrogens with zero attached hydrogens (tertiary/aromatic N) is 2. The van der Waals surface area contributed by atoms with Crippen LogP contribution < -0.4 is 5.73 Å². The van der Waals surface area contributed by atoms with Gasteiger partial charge in [0.2, 0.25) is 0 Å². The Kier molecular flexibility index (Phi) is 4.33. The summed E-state index contributed by atoms with van der Waals surface area (Å²) in [6.07, 6.45) is 0.152. The Morgan fingerprint density at radius 3 is 2.46 bits per heavy atom. The first-order chi connectivity index (χ1) is 11.6. The predicted octanol–water partition coefficient (Wildman–Crippen LogP) is 3.15. The number of carbonyl (C=O) groups excluding carboxylic acids is 1. The molecule has 3 rings (SSSR count). The van der Waals surface area contributed by atoms with Crippen LogP contribution in [0.1, 0.15) is 11.3 Å². The SMILES string of the molecule is COC(=O)Cc1c(C)nn(-c2ccccc2)c1-c1ccccc1N. The van der Waals surface area contributed by atoms with E-state index in [1.165, 1.54) is 7.11 Å². The maximum absolute atomic E-state index is 11.9. The number of benzene rings is 2. The minimum Gasteiger partial charge on any atom is -0.469 e. The molecule has 0 aliphatic heterocycles. The number of ether oxygens (including phenoxy) is 1. The van der Waals surface area contributed by atoms with Gasteiger partial charge >= 0.3 is 5.97 Å². The highest BCUT2D eigenvalue weighted by Gasteiger charge is 2.21. The fraction of sp³-hybridized carbons (Fsp3) is 0.158. The number of methoxy groups -OCH3 is 1. The molecule has 0 radical (unpaired) electrons. The van der Waals surface area contributed by atoms with Crippen LogP contribution in [0.15, 0.2) is 54.6 Å². The van der Waals surface area contributed by atoms with Crippen molar-refractivity contribution in [1.82, 2.24) is 9.78 Å². The molecule has 0 unspecified atom stereocenters. The third-order valence-electron chi connectivity index (χ3n) is 3.95. The van der Waals surface area contributed by atoms with Gasteiger partial charge in [0.25, 0.3) is 0 Å². The van der Waals surface area contributed by atoms with Crippen molar-refractivity contribution in [1.29, 1.82) is 0 Å². The standard InChI is InChI=1S/C19H19N3O2/c1-13-16(12-18(23)24-2)19(15-10-6-7-11-17(15)20)22(21-13)14-8-4-3-5-9-14/h3-11H,12,20H2,1-2H3. The normalized spacial score (nSPS) is 10.6. The van der Waals surface area contributed by atoms with E-state index in [-0.39, 0.29) is 12.4 Å².